The van der Waals surface area contributed by atoms with E-state index in [9.17, 15) is 26.4 Å². The molecule has 1 aromatic rings. The Kier molecular flexibility index (Phi) is 4.53. The number of benzene rings is 1. The van der Waals surface area contributed by atoms with Crippen LogP contribution in [0.25, 0.3) is 0 Å². The smallest absolute Gasteiger partial charge is 0.418 e. The summed E-state index contributed by atoms with van der Waals surface area (Å²) in [5.74, 6) is 1.93. The Hall–Kier alpha value is -2.21. The van der Waals surface area contributed by atoms with Gasteiger partial charge in [-0.2, -0.15) is 13.2 Å². The van der Waals surface area contributed by atoms with Gasteiger partial charge in [0.2, 0.25) is 0 Å². The highest BCUT2D eigenvalue weighted by Crippen LogP contribution is 2.38. The molecule has 0 heterocycles. The fourth-order valence-electron chi connectivity index (χ4n) is 1.56. The Morgan fingerprint density at radius 2 is 2.00 bits per heavy atom. The van der Waals surface area contributed by atoms with Crippen LogP contribution in [0.1, 0.15) is 5.56 Å². The van der Waals surface area contributed by atoms with Crippen molar-refractivity contribution in [2.75, 3.05) is 17.7 Å². The highest BCUT2D eigenvalue weighted by atomic mass is 32.2. The van der Waals surface area contributed by atoms with Crippen LogP contribution >= 0.6 is 0 Å². The molecule has 1 amide bonds. The molecular formula is C12H10F3NO4S. The summed E-state index contributed by atoms with van der Waals surface area (Å²) < 4.78 is 61.7. The average molecular weight is 321 g/mol. The second-order valence-corrected chi connectivity index (χ2v) is 6.04. The molecule has 0 bridgehead atoms. The van der Waals surface area contributed by atoms with E-state index in [4.69, 9.17) is 11.5 Å². The standard InChI is InChI=1S/C12H10F3NO4S/c1-3-6-16(11(17)18)10-5-4-8(21(2,19)20)7-9(10)12(13,14)15/h1,4-5,7H,6H2,2H3,(H,17,18). The van der Waals surface area contributed by atoms with E-state index in [2.05, 4.69) is 0 Å². The van der Waals surface area contributed by atoms with Gasteiger partial charge in [-0.05, 0) is 18.2 Å². The molecule has 0 atom stereocenters. The third-order valence-corrected chi connectivity index (χ3v) is 3.58. The van der Waals surface area contributed by atoms with Crippen LogP contribution in [-0.2, 0) is 16.0 Å². The fraction of sp³-hybridized carbons (Fsp3) is 0.250. The van der Waals surface area contributed by atoms with Crippen molar-refractivity contribution < 1.29 is 31.5 Å². The van der Waals surface area contributed by atoms with Gasteiger partial charge in [0.25, 0.3) is 0 Å². The number of nitrogens with zero attached hydrogens (tertiary/aromatic N) is 1. The summed E-state index contributed by atoms with van der Waals surface area (Å²) in [6.45, 7) is -0.601. The first-order valence-electron chi connectivity index (χ1n) is 5.33. The predicted molar refractivity (Wildman–Crippen MR) is 68.8 cm³/mol. The summed E-state index contributed by atoms with van der Waals surface area (Å²) in [6.07, 6.45) is -0.928. The Morgan fingerprint density at radius 3 is 2.38 bits per heavy atom. The number of carboxylic acid groups (broad SMARTS) is 1. The van der Waals surface area contributed by atoms with Crippen molar-refractivity contribution in [3.63, 3.8) is 0 Å². The molecule has 1 aromatic carbocycles. The number of carbonyl (C=O) groups is 1. The molecule has 0 aromatic heterocycles. The third-order valence-electron chi connectivity index (χ3n) is 2.47. The van der Waals surface area contributed by atoms with Crippen LogP contribution in [0.5, 0.6) is 0 Å². The Morgan fingerprint density at radius 1 is 1.43 bits per heavy atom. The van der Waals surface area contributed by atoms with Crippen molar-refractivity contribution >= 4 is 21.6 Å². The lowest BCUT2D eigenvalue weighted by Crippen LogP contribution is -2.31. The number of alkyl halides is 3. The summed E-state index contributed by atoms with van der Waals surface area (Å²) in [6, 6.07) is 2.05. The van der Waals surface area contributed by atoms with Crippen LogP contribution in [0.3, 0.4) is 0 Å². The number of anilines is 1. The van der Waals surface area contributed by atoms with Crippen molar-refractivity contribution in [1.29, 1.82) is 0 Å². The highest BCUT2D eigenvalue weighted by molar-refractivity contribution is 7.90. The van der Waals surface area contributed by atoms with Crippen molar-refractivity contribution in [2.24, 2.45) is 0 Å². The summed E-state index contributed by atoms with van der Waals surface area (Å²) in [5.41, 5.74) is -2.11. The van der Waals surface area contributed by atoms with Gasteiger partial charge in [0.05, 0.1) is 22.7 Å². The number of sulfone groups is 1. The van der Waals surface area contributed by atoms with Crippen molar-refractivity contribution in [2.45, 2.75) is 11.1 Å². The lowest BCUT2D eigenvalue weighted by Gasteiger charge is -2.21. The summed E-state index contributed by atoms with van der Waals surface area (Å²) in [4.78, 5) is 10.7. The molecule has 0 spiro atoms. The van der Waals surface area contributed by atoms with Gasteiger partial charge in [-0.3, -0.25) is 4.90 Å². The van der Waals surface area contributed by atoms with E-state index in [0.717, 1.165) is 18.4 Å². The van der Waals surface area contributed by atoms with Gasteiger partial charge in [0.15, 0.2) is 9.84 Å². The van der Waals surface area contributed by atoms with Crippen molar-refractivity contribution in [3.8, 4) is 12.3 Å². The van der Waals surface area contributed by atoms with Crippen LogP contribution in [0.15, 0.2) is 23.1 Å². The zero-order valence-corrected chi connectivity index (χ0v) is 11.5. The lowest BCUT2D eigenvalue weighted by atomic mass is 10.1. The minimum absolute atomic E-state index is 0.314. The Balaban J connectivity index is 3.60. The molecule has 1 rings (SSSR count). The maximum Gasteiger partial charge on any atom is 0.418 e. The molecule has 1 N–H and O–H groups in total. The topological polar surface area (TPSA) is 74.7 Å². The monoisotopic (exact) mass is 321 g/mol. The Labute approximate surface area is 118 Å². The van der Waals surface area contributed by atoms with Crippen molar-refractivity contribution in [1.82, 2.24) is 0 Å². The molecule has 114 valence electrons. The number of halogens is 3. The van der Waals surface area contributed by atoms with Crippen LogP contribution < -0.4 is 4.90 Å². The summed E-state index contributed by atoms with van der Waals surface area (Å²) in [5, 5.41) is 8.92. The summed E-state index contributed by atoms with van der Waals surface area (Å²) in [7, 11) is -3.87. The van der Waals surface area contributed by atoms with E-state index >= 15 is 0 Å². The normalized spacial score (nSPS) is 11.8. The molecule has 0 unspecified atom stereocenters. The first kappa shape index (κ1) is 16.8. The minimum atomic E-state index is -4.93. The number of rotatable bonds is 3. The zero-order chi connectivity index (χ0) is 16.4. The highest BCUT2D eigenvalue weighted by Gasteiger charge is 2.37. The third kappa shape index (κ3) is 3.88. The molecule has 0 aliphatic carbocycles. The van der Waals surface area contributed by atoms with Gasteiger partial charge in [-0.1, -0.05) is 5.92 Å². The first-order chi connectivity index (χ1) is 9.48. The van der Waals surface area contributed by atoms with E-state index in [1.54, 1.807) is 0 Å². The predicted octanol–water partition coefficient (Wildman–Crippen LogP) is 2.23. The van der Waals surface area contributed by atoms with Gasteiger partial charge in [-0.25, -0.2) is 13.2 Å². The maximum absolute atomic E-state index is 13.0. The van der Waals surface area contributed by atoms with E-state index < -0.39 is 44.8 Å². The van der Waals surface area contributed by atoms with Crippen LogP contribution in [0.2, 0.25) is 0 Å². The van der Waals surface area contributed by atoms with Gasteiger partial charge >= 0.3 is 12.3 Å². The second kappa shape index (κ2) is 5.65. The first-order valence-corrected chi connectivity index (χ1v) is 7.23. The fourth-order valence-corrected chi connectivity index (χ4v) is 2.20. The number of terminal acetylenes is 1. The average Bonchev–Trinajstić information content (AvgIpc) is 2.32. The molecule has 5 nitrogen and oxygen atoms in total. The maximum atomic E-state index is 13.0. The van der Waals surface area contributed by atoms with Gasteiger partial charge < -0.3 is 5.11 Å². The Bertz CT molecular complexity index is 704. The summed E-state index contributed by atoms with van der Waals surface area (Å²) >= 11 is 0. The van der Waals surface area contributed by atoms with Crippen LogP contribution in [-0.4, -0.2) is 32.4 Å². The minimum Gasteiger partial charge on any atom is -0.465 e. The molecular weight excluding hydrogens is 311 g/mol. The largest absolute Gasteiger partial charge is 0.465 e. The second-order valence-electron chi connectivity index (χ2n) is 4.02. The molecule has 0 saturated carbocycles. The van der Waals surface area contributed by atoms with E-state index in [0.29, 0.717) is 11.0 Å². The molecule has 0 fully saturated rings. The van der Waals surface area contributed by atoms with E-state index in [1.165, 1.54) is 0 Å². The number of hydrogen-bond acceptors (Lipinski definition) is 3. The number of hydrogen-bond donors (Lipinski definition) is 1. The quantitative estimate of drug-likeness (QED) is 0.866. The van der Waals surface area contributed by atoms with Gasteiger partial charge in [0.1, 0.15) is 0 Å². The molecule has 0 aliphatic heterocycles. The van der Waals surface area contributed by atoms with E-state index in [-0.39, 0.29) is 0 Å². The SMILES string of the molecule is C#CCN(C(=O)O)c1ccc(S(C)(=O)=O)cc1C(F)(F)F. The van der Waals surface area contributed by atoms with Crippen molar-refractivity contribution in [3.05, 3.63) is 23.8 Å². The van der Waals surface area contributed by atoms with Crippen LogP contribution in [0, 0.1) is 12.3 Å². The molecule has 9 heteroatoms. The lowest BCUT2D eigenvalue weighted by molar-refractivity contribution is -0.137. The van der Waals surface area contributed by atoms with Gasteiger partial charge in [-0.15, -0.1) is 6.42 Å². The molecule has 0 saturated heterocycles. The van der Waals surface area contributed by atoms with E-state index in [1.807, 2.05) is 5.92 Å². The molecule has 0 aliphatic rings. The van der Waals surface area contributed by atoms with Gasteiger partial charge in [0, 0.05) is 6.26 Å². The molecule has 0 radical (unpaired) electrons. The number of amides is 1. The molecule has 21 heavy (non-hydrogen) atoms. The zero-order valence-electron chi connectivity index (χ0n) is 10.7. The van der Waals surface area contributed by atoms with Crippen LogP contribution in [0.4, 0.5) is 23.7 Å².